The normalized spacial score (nSPS) is 18.3. The highest BCUT2D eigenvalue weighted by molar-refractivity contribution is 7.80. The summed E-state index contributed by atoms with van der Waals surface area (Å²) in [6.45, 7) is 2.60. The van der Waals surface area contributed by atoms with Gasteiger partial charge in [0.15, 0.2) is 5.11 Å². The summed E-state index contributed by atoms with van der Waals surface area (Å²) in [5, 5.41) is 7.02. The molecule has 4 rings (SSSR count). The number of carbonyl (C=O) groups is 1. The van der Waals surface area contributed by atoms with Gasteiger partial charge in [-0.2, -0.15) is 0 Å². The molecular formula is C23H25N5OS. The molecule has 154 valence electrons. The second-order valence-electron chi connectivity index (χ2n) is 7.44. The molecule has 0 saturated carbocycles. The fraction of sp³-hybridized carbons (Fsp3) is 0.261. The Bertz CT molecular complexity index is 1030. The number of hydrogen-bond donors (Lipinski definition) is 2. The summed E-state index contributed by atoms with van der Waals surface area (Å²) < 4.78 is 2.17. The number of anilines is 1. The van der Waals surface area contributed by atoms with E-state index in [1.54, 1.807) is 6.20 Å². The number of pyridine rings is 1. The molecule has 0 unspecified atom stereocenters. The Morgan fingerprint density at radius 1 is 1.13 bits per heavy atom. The average molecular weight is 420 g/mol. The third-order valence-electron chi connectivity index (χ3n) is 5.55. The molecule has 1 fully saturated rings. The van der Waals surface area contributed by atoms with Gasteiger partial charge in [-0.15, -0.1) is 0 Å². The highest BCUT2D eigenvalue weighted by Gasteiger charge is 2.41. The van der Waals surface area contributed by atoms with Crippen molar-refractivity contribution in [2.75, 3.05) is 11.9 Å². The van der Waals surface area contributed by atoms with Gasteiger partial charge in [0.2, 0.25) is 5.91 Å². The van der Waals surface area contributed by atoms with Crippen molar-refractivity contribution in [2.24, 2.45) is 7.05 Å². The fourth-order valence-electron chi connectivity index (χ4n) is 3.87. The summed E-state index contributed by atoms with van der Waals surface area (Å²) in [6, 6.07) is 19.5. The summed E-state index contributed by atoms with van der Waals surface area (Å²) in [6.07, 6.45) is 2.13. The predicted octanol–water partition coefficient (Wildman–Crippen LogP) is 3.73. The van der Waals surface area contributed by atoms with Crippen LogP contribution in [0.15, 0.2) is 66.9 Å². The molecule has 2 N–H and O–H groups in total. The van der Waals surface area contributed by atoms with E-state index in [2.05, 4.69) is 51.2 Å². The molecule has 0 aliphatic carbocycles. The molecular weight excluding hydrogens is 394 g/mol. The third-order valence-corrected chi connectivity index (χ3v) is 5.90. The van der Waals surface area contributed by atoms with Gasteiger partial charge in [0, 0.05) is 43.3 Å². The van der Waals surface area contributed by atoms with Crippen molar-refractivity contribution in [3.63, 3.8) is 0 Å². The van der Waals surface area contributed by atoms with E-state index in [1.165, 1.54) is 5.69 Å². The van der Waals surface area contributed by atoms with E-state index in [0.29, 0.717) is 18.1 Å². The van der Waals surface area contributed by atoms with Crippen LogP contribution in [0, 0.1) is 6.92 Å². The first kappa shape index (κ1) is 20.1. The number of aromatic nitrogens is 2. The first-order chi connectivity index (χ1) is 14.5. The number of benzene rings is 1. The SMILES string of the molecule is Cc1ccc([C@@H]2[C@@H](c3ccccn3)NC(=S)N2CCC(=O)Nc2ccccc2)n1C. The van der Waals surface area contributed by atoms with Gasteiger partial charge in [-0.3, -0.25) is 9.78 Å². The maximum absolute atomic E-state index is 12.5. The van der Waals surface area contributed by atoms with Gasteiger partial charge in [-0.1, -0.05) is 24.3 Å². The molecule has 0 radical (unpaired) electrons. The molecule has 1 amide bonds. The first-order valence-electron chi connectivity index (χ1n) is 10.00. The van der Waals surface area contributed by atoms with Gasteiger partial charge in [0.05, 0.1) is 17.8 Å². The second-order valence-corrected chi connectivity index (χ2v) is 7.83. The van der Waals surface area contributed by atoms with Crippen LogP contribution in [-0.4, -0.2) is 32.0 Å². The van der Waals surface area contributed by atoms with Crippen molar-refractivity contribution in [1.82, 2.24) is 19.8 Å². The maximum atomic E-state index is 12.5. The molecule has 1 saturated heterocycles. The van der Waals surface area contributed by atoms with Gasteiger partial charge < -0.3 is 20.1 Å². The van der Waals surface area contributed by atoms with Crippen molar-refractivity contribution in [1.29, 1.82) is 0 Å². The number of para-hydroxylation sites is 1. The summed E-state index contributed by atoms with van der Waals surface area (Å²) in [5.41, 5.74) is 4.04. The molecule has 3 heterocycles. The van der Waals surface area contributed by atoms with Crippen molar-refractivity contribution in [3.05, 3.63) is 83.9 Å². The van der Waals surface area contributed by atoms with Gasteiger partial charge in [0.1, 0.15) is 0 Å². The lowest BCUT2D eigenvalue weighted by Crippen LogP contribution is -2.33. The van der Waals surface area contributed by atoms with Crippen LogP contribution in [0.25, 0.3) is 0 Å². The topological polar surface area (TPSA) is 62.2 Å². The number of nitrogens with one attached hydrogen (secondary N) is 2. The first-order valence-corrected chi connectivity index (χ1v) is 10.4. The lowest BCUT2D eigenvalue weighted by molar-refractivity contribution is -0.116. The van der Waals surface area contributed by atoms with E-state index < -0.39 is 0 Å². The van der Waals surface area contributed by atoms with Crippen LogP contribution >= 0.6 is 12.2 Å². The Hall–Kier alpha value is -3.19. The van der Waals surface area contributed by atoms with Crippen LogP contribution in [0.1, 0.15) is 35.6 Å². The Morgan fingerprint density at radius 2 is 1.90 bits per heavy atom. The van der Waals surface area contributed by atoms with Crippen LogP contribution in [0.4, 0.5) is 5.69 Å². The number of aryl methyl sites for hydroxylation is 1. The van der Waals surface area contributed by atoms with E-state index >= 15 is 0 Å². The number of nitrogens with zero attached hydrogens (tertiary/aromatic N) is 3. The molecule has 0 bridgehead atoms. The fourth-order valence-corrected chi connectivity index (χ4v) is 4.20. The molecule has 7 heteroatoms. The van der Waals surface area contributed by atoms with Crippen LogP contribution in [0.3, 0.4) is 0 Å². The summed E-state index contributed by atoms with van der Waals surface area (Å²) >= 11 is 5.67. The van der Waals surface area contributed by atoms with Gasteiger partial charge in [0.25, 0.3) is 0 Å². The Morgan fingerprint density at radius 3 is 2.57 bits per heavy atom. The monoisotopic (exact) mass is 419 g/mol. The summed E-state index contributed by atoms with van der Waals surface area (Å²) in [7, 11) is 2.06. The van der Waals surface area contributed by atoms with E-state index in [0.717, 1.165) is 17.1 Å². The van der Waals surface area contributed by atoms with Crippen LogP contribution < -0.4 is 10.6 Å². The maximum Gasteiger partial charge on any atom is 0.226 e. The second kappa shape index (κ2) is 8.67. The number of carbonyl (C=O) groups excluding carboxylic acids is 1. The van der Waals surface area contributed by atoms with Crippen molar-refractivity contribution >= 4 is 28.9 Å². The minimum absolute atomic E-state index is 0.0351. The third kappa shape index (κ3) is 4.07. The van der Waals surface area contributed by atoms with Gasteiger partial charge in [-0.05, 0) is 55.5 Å². The molecule has 0 spiro atoms. The standard InChI is InChI=1S/C23H25N5OS/c1-16-11-12-19(27(16)2)22-21(18-10-6-7-14-24-18)26-23(30)28(22)15-13-20(29)25-17-8-4-3-5-9-17/h3-12,14,21-22H,13,15H2,1-2H3,(H,25,29)(H,26,30)/t21-,22-/m1/s1. The van der Waals surface area contributed by atoms with Gasteiger partial charge in [-0.25, -0.2) is 0 Å². The predicted molar refractivity (Wildman–Crippen MR) is 122 cm³/mol. The van der Waals surface area contributed by atoms with E-state index in [4.69, 9.17) is 12.2 Å². The molecule has 2 atom stereocenters. The molecule has 2 aromatic heterocycles. The van der Waals surface area contributed by atoms with E-state index in [1.807, 2.05) is 48.5 Å². The van der Waals surface area contributed by atoms with Gasteiger partial charge >= 0.3 is 0 Å². The minimum Gasteiger partial charge on any atom is -0.352 e. The lowest BCUT2D eigenvalue weighted by Gasteiger charge is -2.28. The highest BCUT2D eigenvalue weighted by atomic mass is 32.1. The molecule has 1 aliphatic heterocycles. The number of rotatable bonds is 6. The van der Waals surface area contributed by atoms with Crippen LogP contribution in [0.5, 0.6) is 0 Å². The Kier molecular flexibility index (Phi) is 5.81. The van der Waals surface area contributed by atoms with Crippen molar-refractivity contribution in [2.45, 2.75) is 25.4 Å². The summed E-state index contributed by atoms with van der Waals surface area (Å²) in [4.78, 5) is 19.2. The van der Waals surface area contributed by atoms with E-state index in [-0.39, 0.29) is 18.0 Å². The highest BCUT2D eigenvalue weighted by Crippen LogP contribution is 2.38. The molecule has 1 aromatic carbocycles. The zero-order chi connectivity index (χ0) is 21.1. The lowest BCUT2D eigenvalue weighted by atomic mass is 10.0. The number of hydrogen-bond acceptors (Lipinski definition) is 3. The average Bonchev–Trinajstić information content (AvgIpc) is 3.26. The zero-order valence-electron chi connectivity index (χ0n) is 17.1. The Labute approximate surface area is 181 Å². The van der Waals surface area contributed by atoms with Crippen LogP contribution in [0.2, 0.25) is 0 Å². The minimum atomic E-state index is -0.0797. The molecule has 1 aliphatic rings. The zero-order valence-corrected chi connectivity index (χ0v) is 17.9. The largest absolute Gasteiger partial charge is 0.352 e. The van der Waals surface area contributed by atoms with Crippen LogP contribution in [-0.2, 0) is 11.8 Å². The Balaban J connectivity index is 1.56. The molecule has 3 aromatic rings. The quantitative estimate of drug-likeness (QED) is 0.596. The van der Waals surface area contributed by atoms with Crippen molar-refractivity contribution in [3.8, 4) is 0 Å². The molecule has 30 heavy (non-hydrogen) atoms. The summed E-state index contributed by atoms with van der Waals surface area (Å²) in [5.74, 6) is -0.0351. The van der Waals surface area contributed by atoms with E-state index in [9.17, 15) is 4.79 Å². The van der Waals surface area contributed by atoms with Crippen molar-refractivity contribution < 1.29 is 4.79 Å². The smallest absolute Gasteiger partial charge is 0.226 e. The number of amides is 1. The number of thiocarbonyl (C=S) groups is 1. The molecule has 6 nitrogen and oxygen atoms in total.